The van der Waals surface area contributed by atoms with Gasteiger partial charge in [-0.1, -0.05) is 18.2 Å². The van der Waals surface area contributed by atoms with Crippen molar-refractivity contribution in [2.45, 2.75) is 50.9 Å². The maximum absolute atomic E-state index is 13.0. The molecule has 0 bridgehead atoms. The van der Waals surface area contributed by atoms with Gasteiger partial charge in [-0.25, -0.2) is 4.79 Å². The Hall–Kier alpha value is -1.92. The van der Waals surface area contributed by atoms with E-state index < -0.39 is 18.1 Å². The third-order valence-corrected chi connectivity index (χ3v) is 4.84. The molecule has 0 radical (unpaired) electrons. The van der Waals surface area contributed by atoms with Gasteiger partial charge >= 0.3 is 5.97 Å². The monoisotopic (exact) mass is 347 g/mol. The van der Waals surface area contributed by atoms with Gasteiger partial charge < -0.3 is 14.2 Å². The lowest BCUT2D eigenvalue weighted by atomic mass is 10.1. The fourth-order valence-corrected chi connectivity index (χ4v) is 3.44. The zero-order valence-corrected chi connectivity index (χ0v) is 14.8. The van der Waals surface area contributed by atoms with Crippen molar-refractivity contribution in [1.82, 2.24) is 0 Å². The molecule has 1 amide bonds. The topological polar surface area (TPSA) is 65.1 Å². The molecule has 0 saturated carbocycles. The van der Waals surface area contributed by atoms with Gasteiger partial charge in [-0.15, -0.1) is 0 Å². The van der Waals surface area contributed by atoms with Crippen molar-refractivity contribution in [2.24, 2.45) is 0 Å². The highest BCUT2D eigenvalue weighted by atomic mass is 16.5. The minimum absolute atomic E-state index is 0.0475. The van der Waals surface area contributed by atoms with Crippen LogP contribution in [-0.4, -0.2) is 50.4 Å². The zero-order valence-electron chi connectivity index (χ0n) is 14.8. The van der Waals surface area contributed by atoms with Crippen LogP contribution in [0.25, 0.3) is 0 Å². The molecule has 1 fully saturated rings. The average molecular weight is 347 g/mol. The van der Waals surface area contributed by atoms with Crippen LogP contribution in [0.3, 0.4) is 0 Å². The lowest BCUT2D eigenvalue weighted by Gasteiger charge is -2.28. The second kappa shape index (κ2) is 7.97. The molecular weight excluding hydrogens is 322 g/mol. The number of rotatable bonds is 5. The summed E-state index contributed by atoms with van der Waals surface area (Å²) in [4.78, 5) is 26.6. The maximum Gasteiger partial charge on any atom is 0.329 e. The van der Waals surface area contributed by atoms with Crippen molar-refractivity contribution in [3.63, 3.8) is 0 Å². The summed E-state index contributed by atoms with van der Waals surface area (Å²) in [6.07, 6.45) is 3.03. The fourth-order valence-electron chi connectivity index (χ4n) is 3.44. The number of hydrogen-bond acceptors (Lipinski definition) is 5. The van der Waals surface area contributed by atoms with E-state index in [9.17, 15) is 9.59 Å². The molecule has 3 atom stereocenters. The standard InChI is InChI=1S/C19H25NO5/c1-13(25-12-15-8-5-6-10-24-15)18(21)20-16-9-4-3-7-14(16)11-17(20)19(22)23-2/h3-4,7,9,13,15,17H,5-6,8,10-12H2,1-2H3/t13-,15+,17+/m1/s1. The van der Waals surface area contributed by atoms with Crippen LogP contribution in [0.2, 0.25) is 0 Å². The van der Waals surface area contributed by atoms with Gasteiger partial charge in [0.05, 0.1) is 19.8 Å². The van der Waals surface area contributed by atoms with E-state index in [1.165, 1.54) is 12.0 Å². The molecule has 1 aromatic carbocycles. The van der Waals surface area contributed by atoms with Crippen LogP contribution < -0.4 is 4.90 Å². The van der Waals surface area contributed by atoms with Gasteiger partial charge in [0, 0.05) is 18.7 Å². The highest BCUT2D eigenvalue weighted by Crippen LogP contribution is 2.33. The van der Waals surface area contributed by atoms with Gasteiger partial charge in [0.15, 0.2) is 0 Å². The van der Waals surface area contributed by atoms with Crippen LogP contribution >= 0.6 is 0 Å². The molecule has 1 saturated heterocycles. The summed E-state index contributed by atoms with van der Waals surface area (Å²) in [5.41, 5.74) is 1.72. The first kappa shape index (κ1) is 17.9. The van der Waals surface area contributed by atoms with E-state index in [0.717, 1.165) is 37.1 Å². The van der Waals surface area contributed by atoms with Crippen LogP contribution in [0.5, 0.6) is 0 Å². The van der Waals surface area contributed by atoms with Crippen LogP contribution in [0.4, 0.5) is 5.69 Å². The summed E-state index contributed by atoms with van der Waals surface area (Å²) >= 11 is 0. The second-order valence-corrected chi connectivity index (χ2v) is 6.54. The van der Waals surface area contributed by atoms with Gasteiger partial charge in [0.25, 0.3) is 5.91 Å². The molecule has 2 aliphatic rings. The van der Waals surface area contributed by atoms with Crippen LogP contribution in [0, 0.1) is 0 Å². The molecule has 0 aromatic heterocycles. The number of methoxy groups -OCH3 is 1. The van der Waals surface area contributed by atoms with Crippen molar-refractivity contribution < 1.29 is 23.8 Å². The number of ether oxygens (including phenoxy) is 3. The van der Waals surface area contributed by atoms with Crippen molar-refractivity contribution in [2.75, 3.05) is 25.2 Å². The normalized spacial score (nSPS) is 23.8. The second-order valence-electron chi connectivity index (χ2n) is 6.54. The number of hydrogen-bond donors (Lipinski definition) is 0. The number of carbonyl (C=O) groups is 2. The molecule has 0 N–H and O–H groups in total. The van der Waals surface area contributed by atoms with Crippen molar-refractivity contribution >= 4 is 17.6 Å². The van der Waals surface area contributed by atoms with E-state index in [4.69, 9.17) is 14.2 Å². The van der Waals surface area contributed by atoms with Gasteiger partial charge in [0.1, 0.15) is 12.1 Å². The Kier molecular flexibility index (Phi) is 5.71. The number of esters is 1. The molecule has 0 unspecified atom stereocenters. The summed E-state index contributed by atoms with van der Waals surface area (Å²) in [6, 6.07) is 6.92. The summed E-state index contributed by atoms with van der Waals surface area (Å²) in [6.45, 7) is 2.87. The molecular formula is C19H25NO5. The van der Waals surface area contributed by atoms with E-state index in [2.05, 4.69) is 0 Å². The molecule has 0 aliphatic carbocycles. The average Bonchev–Trinajstić information content (AvgIpc) is 3.05. The quantitative estimate of drug-likeness (QED) is 0.763. The van der Waals surface area contributed by atoms with Crippen LogP contribution in [-0.2, 0) is 30.2 Å². The van der Waals surface area contributed by atoms with Gasteiger partial charge in [-0.3, -0.25) is 9.69 Å². The predicted molar refractivity (Wildman–Crippen MR) is 92.4 cm³/mol. The van der Waals surface area contributed by atoms with E-state index >= 15 is 0 Å². The molecule has 136 valence electrons. The SMILES string of the molecule is COC(=O)[C@@H]1Cc2ccccc2N1C(=O)[C@@H](C)OC[C@@H]1CCCCO1. The van der Waals surface area contributed by atoms with Crippen molar-refractivity contribution in [3.8, 4) is 0 Å². The van der Waals surface area contributed by atoms with Gasteiger partial charge in [-0.2, -0.15) is 0 Å². The summed E-state index contributed by atoms with van der Waals surface area (Å²) in [7, 11) is 1.34. The first-order chi connectivity index (χ1) is 12.1. The Morgan fingerprint density at radius 1 is 1.32 bits per heavy atom. The molecule has 2 heterocycles. The number of benzene rings is 1. The molecule has 6 nitrogen and oxygen atoms in total. The Morgan fingerprint density at radius 2 is 2.12 bits per heavy atom. The Morgan fingerprint density at radius 3 is 2.84 bits per heavy atom. The summed E-state index contributed by atoms with van der Waals surface area (Å²) in [5, 5.41) is 0. The lowest BCUT2D eigenvalue weighted by molar-refractivity contribution is -0.145. The molecule has 1 aromatic rings. The smallest absolute Gasteiger partial charge is 0.329 e. The van der Waals surface area contributed by atoms with E-state index in [1.807, 2.05) is 24.3 Å². The number of carbonyl (C=O) groups excluding carboxylic acids is 2. The van der Waals surface area contributed by atoms with Crippen LogP contribution in [0.1, 0.15) is 31.7 Å². The maximum atomic E-state index is 13.0. The number of anilines is 1. The van der Waals surface area contributed by atoms with E-state index in [1.54, 1.807) is 6.92 Å². The highest BCUT2D eigenvalue weighted by molar-refractivity contribution is 6.04. The minimum Gasteiger partial charge on any atom is -0.467 e. The predicted octanol–water partition coefficient (Wildman–Crippen LogP) is 2.09. The zero-order chi connectivity index (χ0) is 17.8. The first-order valence-corrected chi connectivity index (χ1v) is 8.84. The van der Waals surface area contributed by atoms with Crippen LogP contribution in [0.15, 0.2) is 24.3 Å². The number of amides is 1. The molecule has 2 aliphatic heterocycles. The number of fused-ring (bicyclic) bond motifs is 1. The third kappa shape index (κ3) is 3.85. The molecule has 0 spiro atoms. The minimum atomic E-state index is -0.649. The number of para-hydroxylation sites is 1. The Balaban J connectivity index is 1.70. The summed E-state index contributed by atoms with van der Waals surface area (Å²) < 4.78 is 16.3. The molecule has 3 rings (SSSR count). The van der Waals surface area contributed by atoms with Gasteiger partial charge in [0.2, 0.25) is 0 Å². The van der Waals surface area contributed by atoms with Crippen molar-refractivity contribution in [3.05, 3.63) is 29.8 Å². The number of nitrogens with zero attached hydrogens (tertiary/aromatic N) is 1. The van der Waals surface area contributed by atoms with E-state index in [-0.39, 0.29) is 12.0 Å². The molecule has 6 heteroatoms. The fraction of sp³-hybridized carbons (Fsp3) is 0.579. The lowest BCUT2D eigenvalue weighted by Crippen LogP contribution is -2.48. The molecule has 25 heavy (non-hydrogen) atoms. The Bertz CT molecular complexity index is 626. The largest absolute Gasteiger partial charge is 0.467 e. The van der Waals surface area contributed by atoms with Crippen molar-refractivity contribution in [1.29, 1.82) is 0 Å². The highest BCUT2D eigenvalue weighted by Gasteiger charge is 2.40. The Labute approximate surface area is 148 Å². The first-order valence-electron chi connectivity index (χ1n) is 8.84. The van der Waals surface area contributed by atoms with Gasteiger partial charge in [-0.05, 0) is 37.8 Å². The third-order valence-electron chi connectivity index (χ3n) is 4.84. The van der Waals surface area contributed by atoms with E-state index in [0.29, 0.717) is 13.0 Å². The summed E-state index contributed by atoms with van der Waals surface area (Å²) in [5.74, 6) is -0.636.